The molecule has 0 radical (unpaired) electrons. The number of hydrogen-bond acceptors (Lipinski definition) is 6. The lowest BCUT2D eigenvalue weighted by molar-refractivity contribution is 0.0761. The molecule has 0 atom stereocenters. The number of rotatable bonds is 10. The minimum Gasteiger partial charge on any atom is -0.493 e. The molecule has 220 valence electrons. The van der Waals surface area contributed by atoms with E-state index in [4.69, 9.17) is 4.74 Å². The van der Waals surface area contributed by atoms with Crippen molar-refractivity contribution in [3.8, 4) is 5.75 Å². The number of pyridine rings is 1. The Hall–Kier alpha value is -4.47. The van der Waals surface area contributed by atoms with E-state index in [0.717, 1.165) is 43.6 Å². The van der Waals surface area contributed by atoms with Crippen molar-refractivity contribution in [2.45, 2.75) is 24.3 Å². The smallest absolute Gasteiger partial charge is 0.264 e. The van der Waals surface area contributed by atoms with E-state index in [9.17, 15) is 13.2 Å². The molecule has 3 aromatic carbocycles. The molecule has 0 unspecified atom stereocenters. The number of sulfonamides is 1. The molecule has 4 aromatic rings. The van der Waals surface area contributed by atoms with Gasteiger partial charge >= 0.3 is 0 Å². The first-order valence-electron chi connectivity index (χ1n) is 14.5. The number of hydrogen-bond donors (Lipinski definition) is 1. The van der Waals surface area contributed by atoms with Gasteiger partial charge in [-0.25, -0.2) is 8.42 Å². The maximum atomic E-state index is 13.3. The van der Waals surface area contributed by atoms with E-state index in [1.54, 1.807) is 42.6 Å². The largest absolute Gasteiger partial charge is 0.493 e. The third-order valence-corrected chi connectivity index (χ3v) is 9.17. The van der Waals surface area contributed by atoms with Crippen molar-refractivity contribution in [1.82, 2.24) is 14.8 Å². The molecule has 1 saturated heterocycles. The van der Waals surface area contributed by atoms with Gasteiger partial charge in [-0.3, -0.25) is 19.4 Å². The van der Waals surface area contributed by atoms with Crippen LogP contribution >= 0.6 is 0 Å². The molecule has 8 nitrogen and oxygen atoms in total. The number of allylic oxidation sites excluding steroid dienone is 3. The fraction of sp³-hybridized carbons (Fsp3) is 0.235. The highest BCUT2D eigenvalue weighted by atomic mass is 32.2. The zero-order valence-electron chi connectivity index (χ0n) is 23.9. The number of carbonyl (C=O) groups excluding carboxylic acids is 1. The van der Waals surface area contributed by atoms with Crippen molar-refractivity contribution in [1.29, 1.82) is 0 Å². The molecule has 1 aliphatic carbocycles. The molecule has 0 spiro atoms. The van der Waals surface area contributed by atoms with Crippen LogP contribution in [0.25, 0.3) is 10.9 Å². The zero-order valence-corrected chi connectivity index (χ0v) is 24.7. The lowest BCUT2D eigenvalue weighted by Gasteiger charge is -2.22. The first kappa shape index (κ1) is 28.6. The number of nitrogens with one attached hydrogen (secondary N) is 1. The van der Waals surface area contributed by atoms with Crippen molar-refractivity contribution in [3.63, 3.8) is 0 Å². The predicted molar refractivity (Wildman–Crippen MR) is 169 cm³/mol. The number of fused-ring (bicyclic) bond motifs is 1. The number of anilines is 1. The lowest BCUT2D eigenvalue weighted by Crippen LogP contribution is -2.35. The van der Waals surface area contributed by atoms with Gasteiger partial charge in [-0.15, -0.1) is 0 Å². The predicted octanol–water partition coefficient (Wildman–Crippen LogP) is 5.65. The number of para-hydroxylation sites is 1. The average Bonchev–Trinajstić information content (AvgIpc) is 3.24. The summed E-state index contributed by atoms with van der Waals surface area (Å²) < 4.78 is 34.7. The van der Waals surface area contributed by atoms with Crippen LogP contribution in [-0.2, 0) is 16.6 Å². The second kappa shape index (κ2) is 12.8. The van der Waals surface area contributed by atoms with Gasteiger partial charge < -0.3 is 9.64 Å². The van der Waals surface area contributed by atoms with Crippen LogP contribution in [0.15, 0.2) is 114 Å². The van der Waals surface area contributed by atoms with Crippen LogP contribution in [0, 0.1) is 0 Å². The van der Waals surface area contributed by atoms with E-state index in [2.05, 4.69) is 38.9 Å². The highest BCUT2D eigenvalue weighted by Crippen LogP contribution is 2.24. The van der Waals surface area contributed by atoms with E-state index in [1.807, 2.05) is 35.2 Å². The van der Waals surface area contributed by atoms with E-state index in [-0.39, 0.29) is 10.8 Å². The molecule has 1 aliphatic heterocycles. The Morgan fingerprint density at radius 3 is 2.47 bits per heavy atom. The number of ether oxygens (including phenoxy) is 1. The number of benzene rings is 3. The first-order chi connectivity index (χ1) is 20.9. The van der Waals surface area contributed by atoms with E-state index >= 15 is 0 Å². The summed E-state index contributed by atoms with van der Waals surface area (Å²) in [5, 5.41) is 0.746. The third-order valence-electron chi connectivity index (χ3n) is 7.75. The fourth-order valence-corrected chi connectivity index (χ4v) is 6.57. The topological polar surface area (TPSA) is 91.8 Å². The Morgan fingerprint density at radius 2 is 1.70 bits per heavy atom. The Balaban J connectivity index is 1.01. The maximum absolute atomic E-state index is 13.3. The van der Waals surface area contributed by atoms with E-state index in [0.29, 0.717) is 36.5 Å². The van der Waals surface area contributed by atoms with Crippen LogP contribution < -0.4 is 9.46 Å². The molecular weight excluding hydrogens is 560 g/mol. The molecule has 1 amide bonds. The van der Waals surface area contributed by atoms with Gasteiger partial charge in [0.25, 0.3) is 15.9 Å². The lowest BCUT2D eigenvalue weighted by atomic mass is 10.1. The summed E-state index contributed by atoms with van der Waals surface area (Å²) >= 11 is 0. The highest BCUT2D eigenvalue weighted by Gasteiger charge is 2.22. The van der Waals surface area contributed by atoms with Gasteiger partial charge in [0.1, 0.15) is 10.6 Å². The van der Waals surface area contributed by atoms with Gasteiger partial charge in [0, 0.05) is 62.0 Å². The standard InChI is InChI=1S/C34H34N4O4S/c39-34(29-12-14-30(15-13-29)36-43(40,41)32-9-2-7-28-8-3-19-35-33(28)32)38-21-4-20-37(22-23-38)25-27-10-16-31(17-11-27)42-24-18-26-5-1-6-26/h1-3,5-17,19,36H,4,18,20-25H2. The average molecular weight is 595 g/mol. The van der Waals surface area contributed by atoms with E-state index in [1.165, 1.54) is 17.2 Å². The van der Waals surface area contributed by atoms with Gasteiger partial charge in [-0.1, -0.05) is 48.6 Å². The van der Waals surface area contributed by atoms with Gasteiger partial charge in [-0.05, 0) is 66.1 Å². The van der Waals surface area contributed by atoms with Crippen LogP contribution in [0.1, 0.15) is 28.8 Å². The molecule has 1 N–H and O–H groups in total. The maximum Gasteiger partial charge on any atom is 0.264 e. The summed E-state index contributed by atoms with van der Waals surface area (Å²) in [5.41, 5.74) is 3.87. The molecule has 0 bridgehead atoms. The molecule has 6 rings (SSSR count). The van der Waals surface area contributed by atoms with Crippen LogP contribution in [-0.4, -0.2) is 61.9 Å². The van der Waals surface area contributed by atoms with Gasteiger partial charge in [0.2, 0.25) is 0 Å². The van der Waals surface area contributed by atoms with Crippen LogP contribution in [0.4, 0.5) is 5.69 Å². The number of carbonyl (C=O) groups is 1. The summed E-state index contributed by atoms with van der Waals surface area (Å²) in [6.07, 6.45) is 9.64. The summed E-state index contributed by atoms with van der Waals surface area (Å²) in [5.74, 6) is 0.828. The molecule has 43 heavy (non-hydrogen) atoms. The van der Waals surface area contributed by atoms with E-state index < -0.39 is 10.0 Å². The van der Waals surface area contributed by atoms with Crippen LogP contribution in [0.3, 0.4) is 0 Å². The van der Waals surface area contributed by atoms with Gasteiger partial charge in [0.05, 0.1) is 12.1 Å². The second-order valence-corrected chi connectivity index (χ2v) is 12.4. The second-order valence-electron chi connectivity index (χ2n) is 10.8. The minimum atomic E-state index is -3.86. The molecule has 2 aliphatic rings. The number of amides is 1. The molecule has 0 saturated carbocycles. The number of aromatic nitrogens is 1. The van der Waals surface area contributed by atoms with Gasteiger partial charge in [-0.2, -0.15) is 0 Å². The Labute approximate surface area is 252 Å². The van der Waals surface area contributed by atoms with Crippen molar-refractivity contribution in [2.24, 2.45) is 0 Å². The Kier molecular flexibility index (Phi) is 8.53. The fourth-order valence-electron chi connectivity index (χ4n) is 5.33. The minimum absolute atomic E-state index is 0.0517. The third kappa shape index (κ3) is 6.96. The van der Waals surface area contributed by atoms with Crippen molar-refractivity contribution in [2.75, 3.05) is 37.5 Å². The summed E-state index contributed by atoms with van der Waals surface area (Å²) in [6, 6.07) is 23.5. The molecule has 2 heterocycles. The Bertz CT molecular complexity index is 1760. The molecule has 1 fully saturated rings. The molecule has 9 heteroatoms. The normalized spacial score (nSPS) is 15.4. The quantitative estimate of drug-likeness (QED) is 0.255. The Morgan fingerprint density at radius 1 is 0.907 bits per heavy atom. The molecule has 1 aromatic heterocycles. The first-order valence-corrected chi connectivity index (χ1v) is 16.0. The van der Waals surface area contributed by atoms with Crippen LogP contribution in [0.2, 0.25) is 0 Å². The van der Waals surface area contributed by atoms with Crippen molar-refractivity contribution < 1.29 is 17.9 Å². The monoisotopic (exact) mass is 594 g/mol. The molecular formula is C34H34N4O4S. The van der Waals surface area contributed by atoms with Gasteiger partial charge in [0.15, 0.2) is 0 Å². The summed E-state index contributed by atoms with van der Waals surface area (Å²) in [7, 11) is -3.86. The SMILES string of the molecule is O=C(c1ccc(NS(=O)(=O)c2cccc3cccnc23)cc1)N1CCCN(Cc2ccc(OCCC3=CC=C3)cc2)CC1. The number of nitrogens with zero attached hydrogens (tertiary/aromatic N) is 3. The summed E-state index contributed by atoms with van der Waals surface area (Å²) in [6.45, 7) is 4.49. The van der Waals surface area contributed by atoms with Crippen LogP contribution in [0.5, 0.6) is 5.75 Å². The van der Waals surface area contributed by atoms with Crippen molar-refractivity contribution in [3.05, 3.63) is 120 Å². The zero-order chi connectivity index (χ0) is 29.6. The highest BCUT2D eigenvalue weighted by molar-refractivity contribution is 7.93. The van der Waals surface area contributed by atoms with Crippen molar-refractivity contribution >= 4 is 32.5 Å². The summed E-state index contributed by atoms with van der Waals surface area (Å²) in [4.78, 5) is 21.9.